The van der Waals surface area contributed by atoms with Gasteiger partial charge < -0.3 is 10.4 Å². The van der Waals surface area contributed by atoms with Crippen molar-refractivity contribution in [2.75, 3.05) is 12.8 Å². The molecule has 2 rings (SSSR count). The summed E-state index contributed by atoms with van der Waals surface area (Å²) in [7, 11) is 0. The molecule has 0 bridgehead atoms. The van der Waals surface area contributed by atoms with Gasteiger partial charge in [0.2, 0.25) is 0 Å². The van der Waals surface area contributed by atoms with Gasteiger partial charge >= 0.3 is 6.18 Å². The Morgan fingerprint density at radius 2 is 1.95 bits per heavy atom. The van der Waals surface area contributed by atoms with Gasteiger partial charge in [0, 0.05) is 17.8 Å². The summed E-state index contributed by atoms with van der Waals surface area (Å²) < 4.78 is 37.4. The topological polar surface area (TPSA) is 32.3 Å². The number of rotatable bonds is 5. The Morgan fingerprint density at radius 3 is 2.52 bits per heavy atom. The highest BCUT2D eigenvalue weighted by Crippen LogP contribution is 2.30. The highest BCUT2D eigenvalue weighted by Gasteiger charge is 2.30. The largest absolute Gasteiger partial charge is 0.416 e. The van der Waals surface area contributed by atoms with Crippen LogP contribution in [0.3, 0.4) is 0 Å². The molecule has 3 unspecified atom stereocenters. The molecule has 0 aliphatic heterocycles. The summed E-state index contributed by atoms with van der Waals surface area (Å²) >= 11 is 1.82. The maximum Gasteiger partial charge on any atom is 0.416 e. The summed E-state index contributed by atoms with van der Waals surface area (Å²) in [4.78, 5) is 0. The molecule has 118 valence electrons. The van der Waals surface area contributed by atoms with Crippen LogP contribution in [-0.4, -0.2) is 29.2 Å². The molecule has 1 aliphatic carbocycles. The molecule has 0 saturated heterocycles. The van der Waals surface area contributed by atoms with Gasteiger partial charge in [0.25, 0.3) is 0 Å². The minimum Gasteiger partial charge on any atom is -0.387 e. The fourth-order valence-electron chi connectivity index (χ4n) is 2.72. The minimum absolute atomic E-state index is 0.368. The van der Waals surface area contributed by atoms with E-state index in [1.165, 1.54) is 25.0 Å². The summed E-state index contributed by atoms with van der Waals surface area (Å²) in [6, 6.07) is 5.09. The average molecular weight is 319 g/mol. The average Bonchev–Trinajstić information content (AvgIpc) is 2.91. The molecular formula is C15H20F3NOS. The molecule has 0 heterocycles. The number of hydrogen-bond donors (Lipinski definition) is 2. The molecule has 21 heavy (non-hydrogen) atoms. The van der Waals surface area contributed by atoms with Crippen LogP contribution in [0.5, 0.6) is 0 Å². The third kappa shape index (κ3) is 4.37. The van der Waals surface area contributed by atoms with Gasteiger partial charge in [-0.15, -0.1) is 0 Å². The Bertz CT molecular complexity index is 449. The van der Waals surface area contributed by atoms with Crippen molar-refractivity contribution in [1.29, 1.82) is 0 Å². The molecule has 0 spiro atoms. The normalized spacial score (nSPS) is 24.2. The van der Waals surface area contributed by atoms with E-state index in [1.54, 1.807) is 0 Å². The van der Waals surface area contributed by atoms with Crippen molar-refractivity contribution < 1.29 is 18.3 Å². The molecule has 1 aromatic carbocycles. The first-order valence-electron chi connectivity index (χ1n) is 7.03. The van der Waals surface area contributed by atoms with Gasteiger partial charge in [-0.3, -0.25) is 0 Å². The molecule has 0 aromatic heterocycles. The molecule has 1 saturated carbocycles. The maximum absolute atomic E-state index is 12.5. The van der Waals surface area contributed by atoms with Crippen molar-refractivity contribution in [3.8, 4) is 0 Å². The predicted octanol–water partition coefficient (Wildman–Crippen LogP) is 3.61. The molecule has 1 aromatic rings. The monoisotopic (exact) mass is 319 g/mol. The van der Waals surface area contributed by atoms with Gasteiger partial charge in [-0.05, 0) is 36.8 Å². The van der Waals surface area contributed by atoms with E-state index in [4.69, 9.17) is 0 Å². The van der Waals surface area contributed by atoms with Crippen molar-refractivity contribution in [3.05, 3.63) is 35.4 Å². The molecule has 1 fully saturated rings. The molecule has 0 radical (unpaired) electrons. The van der Waals surface area contributed by atoms with Crippen LogP contribution >= 0.6 is 11.8 Å². The van der Waals surface area contributed by atoms with Gasteiger partial charge in [0.1, 0.15) is 0 Å². The van der Waals surface area contributed by atoms with E-state index in [9.17, 15) is 18.3 Å². The number of alkyl halides is 3. The number of aliphatic hydroxyl groups excluding tert-OH is 1. The second kappa shape index (κ2) is 7.03. The van der Waals surface area contributed by atoms with E-state index in [-0.39, 0.29) is 0 Å². The summed E-state index contributed by atoms with van der Waals surface area (Å²) in [5.41, 5.74) is -0.182. The first-order chi connectivity index (χ1) is 9.91. The van der Waals surface area contributed by atoms with Gasteiger partial charge in [0.15, 0.2) is 0 Å². The van der Waals surface area contributed by atoms with Crippen LogP contribution in [0.2, 0.25) is 0 Å². The zero-order valence-electron chi connectivity index (χ0n) is 11.9. The van der Waals surface area contributed by atoms with E-state index in [1.807, 2.05) is 11.8 Å². The molecular weight excluding hydrogens is 299 g/mol. The van der Waals surface area contributed by atoms with E-state index in [0.717, 1.165) is 18.6 Å². The van der Waals surface area contributed by atoms with Crippen molar-refractivity contribution in [2.24, 2.45) is 0 Å². The summed E-state index contributed by atoms with van der Waals surface area (Å²) in [5.74, 6) is 0. The van der Waals surface area contributed by atoms with E-state index in [0.29, 0.717) is 23.4 Å². The van der Waals surface area contributed by atoms with E-state index in [2.05, 4.69) is 11.6 Å². The van der Waals surface area contributed by atoms with Crippen LogP contribution < -0.4 is 5.32 Å². The standard InChI is InChI=1S/C15H20F3NOS/c1-21-14-4-2-3-12(14)19-9-13(20)10-5-7-11(8-6-10)15(16,17)18/h5-8,12-14,19-20H,2-4,9H2,1H3. The lowest BCUT2D eigenvalue weighted by Crippen LogP contribution is -2.36. The second-order valence-corrected chi connectivity index (χ2v) is 6.43. The first kappa shape index (κ1) is 16.6. The van der Waals surface area contributed by atoms with Crippen LogP contribution in [-0.2, 0) is 6.18 Å². The predicted molar refractivity (Wildman–Crippen MR) is 79.3 cm³/mol. The maximum atomic E-state index is 12.5. The van der Waals surface area contributed by atoms with Gasteiger partial charge in [0.05, 0.1) is 11.7 Å². The van der Waals surface area contributed by atoms with Gasteiger partial charge in [-0.2, -0.15) is 24.9 Å². The Kier molecular flexibility index (Phi) is 5.57. The number of benzene rings is 1. The number of thioether (sulfide) groups is 1. The second-order valence-electron chi connectivity index (χ2n) is 5.36. The van der Waals surface area contributed by atoms with Crippen LogP contribution in [0.1, 0.15) is 36.5 Å². The van der Waals surface area contributed by atoms with Crippen molar-refractivity contribution >= 4 is 11.8 Å². The summed E-state index contributed by atoms with van der Waals surface area (Å²) in [6.45, 7) is 0.368. The quantitative estimate of drug-likeness (QED) is 0.869. The molecule has 2 N–H and O–H groups in total. The zero-order valence-corrected chi connectivity index (χ0v) is 12.7. The number of hydrogen-bond acceptors (Lipinski definition) is 3. The summed E-state index contributed by atoms with van der Waals surface area (Å²) in [6.07, 6.45) is 0.407. The third-order valence-corrected chi connectivity index (χ3v) is 5.12. The van der Waals surface area contributed by atoms with Gasteiger partial charge in [-0.25, -0.2) is 0 Å². The summed E-state index contributed by atoms with van der Waals surface area (Å²) in [5, 5.41) is 14.0. The lowest BCUT2D eigenvalue weighted by atomic mass is 10.1. The Labute approximate surface area is 127 Å². The van der Waals surface area contributed by atoms with Crippen LogP contribution in [0, 0.1) is 0 Å². The SMILES string of the molecule is CSC1CCCC1NCC(O)c1ccc(C(F)(F)F)cc1. The fraction of sp³-hybridized carbons (Fsp3) is 0.600. The zero-order chi connectivity index (χ0) is 15.5. The van der Waals surface area contributed by atoms with Crippen molar-refractivity contribution in [1.82, 2.24) is 5.32 Å². The number of halogens is 3. The van der Waals surface area contributed by atoms with Crippen molar-refractivity contribution in [2.45, 2.75) is 42.8 Å². The van der Waals surface area contributed by atoms with Crippen LogP contribution in [0.25, 0.3) is 0 Å². The highest BCUT2D eigenvalue weighted by atomic mass is 32.2. The van der Waals surface area contributed by atoms with E-state index >= 15 is 0 Å². The third-order valence-electron chi connectivity index (χ3n) is 3.95. The van der Waals surface area contributed by atoms with Gasteiger partial charge in [-0.1, -0.05) is 18.6 Å². The first-order valence-corrected chi connectivity index (χ1v) is 8.32. The Morgan fingerprint density at radius 1 is 1.29 bits per heavy atom. The fourth-order valence-corrected chi connectivity index (χ4v) is 3.68. The highest BCUT2D eigenvalue weighted by molar-refractivity contribution is 7.99. The lowest BCUT2D eigenvalue weighted by molar-refractivity contribution is -0.137. The number of aliphatic hydroxyl groups is 1. The smallest absolute Gasteiger partial charge is 0.387 e. The Balaban J connectivity index is 1.90. The molecule has 1 aliphatic rings. The van der Waals surface area contributed by atoms with Crippen LogP contribution in [0.15, 0.2) is 24.3 Å². The van der Waals surface area contributed by atoms with Crippen LogP contribution in [0.4, 0.5) is 13.2 Å². The van der Waals surface area contributed by atoms with Crippen molar-refractivity contribution in [3.63, 3.8) is 0 Å². The Hall–Kier alpha value is -0.720. The van der Waals surface area contributed by atoms with E-state index < -0.39 is 17.8 Å². The molecule has 6 heteroatoms. The molecule has 3 atom stereocenters. The molecule has 0 amide bonds. The number of nitrogens with one attached hydrogen (secondary N) is 1. The lowest BCUT2D eigenvalue weighted by Gasteiger charge is -2.21. The minimum atomic E-state index is -4.34. The molecule has 2 nitrogen and oxygen atoms in total.